The summed E-state index contributed by atoms with van der Waals surface area (Å²) in [7, 11) is 0. The summed E-state index contributed by atoms with van der Waals surface area (Å²) < 4.78 is 9.65. The van der Waals surface area contributed by atoms with Crippen molar-refractivity contribution >= 4 is 92.9 Å². The Kier molecular flexibility index (Phi) is 11.5. The molecule has 0 spiro atoms. The zero-order valence-electron chi connectivity index (χ0n) is 48.4. The van der Waals surface area contributed by atoms with Gasteiger partial charge in [0.1, 0.15) is 0 Å². The molecule has 8 nitrogen and oxygen atoms in total. The first-order chi connectivity index (χ1) is 44.6. The highest BCUT2D eigenvalue weighted by atomic mass is 15.0. The van der Waals surface area contributed by atoms with Crippen molar-refractivity contribution in [3.8, 4) is 79.2 Å². The van der Waals surface area contributed by atoms with Crippen molar-refractivity contribution in [1.29, 1.82) is 0 Å². The fourth-order valence-corrected chi connectivity index (χ4v) is 14.0. The SMILES string of the molecule is [C-]#[N+]c1ccc(-c2ccc(-n3c4ccccc4c4cc(-n5c6ccccc6c6ccccc65)ccc43)c(-c3cc(-n4c5ccccc5c5cc(-n6c7ccccc7c7ccccc76)ccc54)ccc3-c3nc(-c4ccccc4)nc(-c4ccccc4)n3)c2)cc1. The van der Waals surface area contributed by atoms with E-state index < -0.39 is 0 Å². The van der Waals surface area contributed by atoms with Crippen LogP contribution in [0.15, 0.2) is 303 Å². The van der Waals surface area contributed by atoms with E-state index in [-0.39, 0.29) is 0 Å². The van der Waals surface area contributed by atoms with Crippen molar-refractivity contribution in [2.45, 2.75) is 0 Å². The van der Waals surface area contributed by atoms with Crippen molar-refractivity contribution in [3.05, 3.63) is 315 Å². The van der Waals surface area contributed by atoms with E-state index >= 15 is 0 Å². The van der Waals surface area contributed by atoms with Gasteiger partial charge in [0.05, 0.1) is 56.4 Å². The molecule has 0 aliphatic carbocycles. The number of aromatic nitrogens is 7. The summed E-state index contributed by atoms with van der Waals surface area (Å²) in [6.07, 6.45) is 0. The summed E-state index contributed by atoms with van der Waals surface area (Å²) in [4.78, 5) is 19.9. The van der Waals surface area contributed by atoms with E-state index in [1.54, 1.807) is 0 Å². The third-order valence-corrected chi connectivity index (χ3v) is 18.0. The van der Waals surface area contributed by atoms with Crippen LogP contribution in [0.1, 0.15) is 0 Å². The molecule has 18 rings (SSSR count). The highest BCUT2D eigenvalue weighted by molar-refractivity contribution is 6.15. The highest BCUT2D eigenvalue weighted by Crippen LogP contribution is 2.45. The van der Waals surface area contributed by atoms with Crippen LogP contribution >= 0.6 is 0 Å². The largest absolute Gasteiger partial charge is 0.309 e. The van der Waals surface area contributed by atoms with E-state index in [0.717, 1.165) is 116 Å². The van der Waals surface area contributed by atoms with Crippen LogP contribution < -0.4 is 0 Å². The minimum absolute atomic E-state index is 0.540. The van der Waals surface area contributed by atoms with Crippen LogP contribution in [0, 0.1) is 6.57 Å². The maximum absolute atomic E-state index is 7.86. The molecular formula is C82H50N8. The fourth-order valence-electron chi connectivity index (χ4n) is 14.0. The van der Waals surface area contributed by atoms with Crippen molar-refractivity contribution < 1.29 is 0 Å². The summed E-state index contributed by atoms with van der Waals surface area (Å²) in [6, 6.07) is 108. The lowest BCUT2D eigenvalue weighted by Crippen LogP contribution is -2.04. The quantitative estimate of drug-likeness (QED) is 0.135. The summed E-state index contributed by atoms with van der Waals surface area (Å²) in [5.41, 5.74) is 20.1. The van der Waals surface area contributed by atoms with Gasteiger partial charge < -0.3 is 18.3 Å². The smallest absolute Gasteiger partial charge is 0.187 e. The lowest BCUT2D eigenvalue weighted by Gasteiger charge is -2.20. The van der Waals surface area contributed by atoms with E-state index in [1.165, 1.54) is 32.6 Å². The molecule has 0 fully saturated rings. The number of hydrogen-bond donors (Lipinski definition) is 0. The molecule has 0 amide bonds. The molecule has 5 heterocycles. The first-order valence-corrected chi connectivity index (χ1v) is 30.3. The molecular weight excluding hydrogens is 1100 g/mol. The molecule has 418 valence electrons. The Morgan fingerprint density at radius 2 is 0.589 bits per heavy atom. The molecule has 0 N–H and O–H groups in total. The first-order valence-electron chi connectivity index (χ1n) is 30.3. The molecule has 18 aromatic rings. The molecule has 13 aromatic carbocycles. The highest BCUT2D eigenvalue weighted by Gasteiger charge is 2.25. The van der Waals surface area contributed by atoms with Crippen LogP contribution in [0.4, 0.5) is 5.69 Å². The van der Waals surface area contributed by atoms with Gasteiger partial charge in [0.2, 0.25) is 0 Å². The Hall–Kier alpha value is -12.4. The summed E-state index contributed by atoms with van der Waals surface area (Å²) >= 11 is 0. The molecule has 0 atom stereocenters. The monoisotopic (exact) mass is 1150 g/mol. The van der Waals surface area contributed by atoms with Crippen LogP contribution in [0.25, 0.3) is 171 Å². The van der Waals surface area contributed by atoms with E-state index in [0.29, 0.717) is 23.2 Å². The zero-order valence-corrected chi connectivity index (χ0v) is 48.4. The average Bonchev–Trinajstić information content (AvgIpc) is 1.73. The predicted molar refractivity (Wildman–Crippen MR) is 371 cm³/mol. The van der Waals surface area contributed by atoms with Gasteiger partial charge in [-0.25, -0.2) is 19.8 Å². The normalized spacial score (nSPS) is 11.8. The van der Waals surface area contributed by atoms with Crippen LogP contribution in [0.2, 0.25) is 0 Å². The number of hydrogen-bond acceptors (Lipinski definition) is 3. The third kappa shape index (κ3) is 7.97. The first kappa shape index (κ1) is 50.8. The predicted octanol–water partition coefficient (Wildman–Crippen LogP) is 21.1. The number of rotatable bonds is 9. The number of nitrogens with zero attached hydrogens (tertiary/aromatic N) is 8. The summed E-state index contributed by atoms with van der Waals surface area (Å²) in [6.45, 7) is 7.86. The van der Waals surface area contributed by atoms with E-state index in [9.17, 15) is 0 Å². The second-order valence-corrected chi connectivity index (χ2v) is 23.0. The molecule has 0 bridgehead atoms. The average molecular weight is 1150 g/mol. The standard InChI is InChI=1S/C82H50N8/c1-83-56-39-36-52(37-40-56)55-38-45-78(90-76-35-19-13-29-65(76)70-51-59(43-47-79(70)90)88-73-32-16-10-26-62(73)63-27-11-17-33-74(63)88)68(48-55)67-49-57(41-44-66(67)82-85-80(53-20-4-2-5-21-53)84-81(86-82)54-22-6-3-7-23-54)89-75-34-18-12-28-64(75)69-50-58(42-46-77(69)89)87-71-30-14-8-24-60(71)61-25-9-15-31-72(61)87/h2-51H. The fraction of sp³-hybridized carbons (Fsp3) is 0. The zero-order chi connectivity index (χ0) is 59.4. The number of fused-ring (bicyclic) bond motifs is 12. The molecule has 0 unspecified atom stereocenters. The Bertz CT molecular complexity index is 5810. The topological polar surface area (TPSA) is 62.8 Å². The second-order valence-electron chi connectivity index (χ2n) is 23.0. The van der Waals surface area contributed by atoms with E-state index in [4.69, 9.17) is 21.5 Å². The Morgan fingerprint density at radius 1 is 0.233 bits per heavy atom. The van der Waals surface area contributed by atoms with Gasteiger partial charge in [-0.2, -0.15) is 0 Å². The van der Waals surface area contributed by atoms with Gasteiger partial charge in [0.15, 0.2) is 23.2 Å². The molecule has 5 aromatic heterocycles. The van der Waals surface area contributed by atoms with Gasteiger partial charge in [-0.1, -0.05) is 200 Å². The van der Waals surface area contributed by atoms with Crippen molar-refractivity contribution in [3.63, 3.8) is 0 Å². The third-order valence-electron chi connectivity index (χ3n) is 18.0. The van der Waals surface area contributed by atoms with E-state index in [2.05, 4.69) is 278 Å². The number of para-hydroxylation sites is 6. The maximum atomic E-state index is 7.86. The van der Waals surface area contributed by atoms with Crippen molar-refractivity contribution in [1.82, 2.24) is 33.2 Å². The second kappa shape index (κ2) is 20.3. The van der Waals surface area contributed by atoms with Crippen molar-refractivity contribution in [2.24, 2.45) is 0 Å². The molecule has 0 aliphatic heterocycles. The molecule has 0 aliphatic rings. The molecule has 0 saturated heterocycles. The van der Waals surface area contributed by atoms with Crippen LogP contribution in [0.5, 0.6) is 0 Å². The van der Waals surface area contributed by atoms with Gasteiger partial charge in [-0.05, 0) is 120 Å². The number of benzene rings is 13. The lowest BCUT2D eigenvalue weighted by molar-refractivity contribution is 1.07. The van der Waals surface area contributed by atoms with E-state index in [1.807, 2.05) is 48.5 Å². The van der Waals surface area contributed by atoms with Crippen LogP contribution in [-0.2, 0) is 0 Å². The maximum Gasteiger partial charge on any atom is 0.187 e. The Balaban J connectivity index is 0.922. The van der Waals surface area contributed by atoms with Crippen LogP contribution in [0.3, 0.4) is 0 Å². The minimum Gasteiger partial charge on any atom is -0.309 e. The molecule has 0 saturated carbocycles. The molecule has 90 heavy (non-hydrogen) atoms. The van der Waals surface area contributed by atoms with Gasteiger partial charge in [0.25, 0.3) is 0 Å². The Labute approximate surface area is 517 Å². The van der Waals surface area contributed by atoms with Crippen molar-refractivity contribution in [2.75, 3.05) is 0 Å². The molecule has 0 radical (unpaired) electrons. The lowest BCUT2D eigenvalue weighted by atomic mass is 9.93. The molecule has 8 heteroatoms. The van der Waals surface area contributed by atoms with Gasteiger partial charge in [0, 0.05) is 82.4 Å². The minimum atomic E-state index is 0.540. The van der Waals surface area contributed by atoms with Gasteiger partial charge in [-0.3, -0.25) is 0 Å². The Morgan fingerprint density at radius 3 is 1.04 bits per heavy atom. The summed E-state index contributed by atoms with van der Waals surface area (Å²) in [5, 5.41) is 9.44. The van der Waals surface area contributed by atoms with Gasteiger partial charge >= 0.3 is 0 Å². The summed E-state index contributed by atoms with van der Waals surface area (Å²) in [5.74, 6) is 1.69. The van der Waals surface area contributed by atoms with Gasteiger partial charge in [-0.15, -0.1) is 0 Å². The van der Waals surface area contributed by atoms with Crippen LogP contribution in [-0.4, -0.2) is 33.2 Å².